The Bertz CT molecular complexity index is 518. The summed E-state index contributed by atoms with van der Waals surface area (Å²) in [5.74, 6) is -0.347. The Morgan fingerprint density at radius 1 is 1.25 bits per heavy atom. The Kier molecular flexibility index (Phi) is 5.15. The van der Waals surface area contributed by atoms with E-state index < -0.39 is 6.10 Å². The van der Waals surface area contributed by atoms with E-state index in [4.69, 9.17) is 0 Å². The number of nitrogens with one attached hydrogen (secondary N) is 1. The number of aromatic nitrogens is 2. The molecule has 2 aromatic heterocycles. The highest BCUT2D eigenvalue weighted by Gasteiger charge is 2.13. The van der Waals surface area contributed by atoms with Crippen molar-refractivity contribution in [1.82, 2.24) is 15.3 Å². The van der Waals surface area contributed by atoms with E-state index in [1.54, 1.807) is 30.6 Å². The largest absolute Gasteiger partial charge is 0.387 e. The first-order valence-corrected chi connectivity index (χ1v) is 6.63. The van der Waals surface area contributed by atoms with Crippen LogP contribution < -0.4 is 5.32 Å². The summed E-state index contributed by atoms with van der Waals surface area (Å²) in [4.78, 5) is 7.99. The number of rotatable bonds is 6. The lowest BCUT2D eigenvalue weighted by molar-refractivity contribution is 0.169. The molecule has 0 fully saturated rings. The van der Waals surface area contributed by atoms with Crippen molar-refractivity contribution in [3.05, 3.63) is 59.9 Å². The van der Waals surface area contributed by atoms with Crippen LogP contribution in [0, 0.1) is 5.82 Å². The van der Waals surface area contributed by atoms with Gasteiger partial charge in [0.1, 0.15) is 5.82 Å². The van der Waals surface area contributed by atoms with Gasteiger partial charge in [0, 0.05) is 25.0 Å². The molecule has 0 aliphatic rings. The van der Waals surface area contributed by atoms with E-state index in [1.807, 2.05) is 6.92 Å². The summed E-state index contributed by atoms with van der Waals surface area (Å²) in [6.07, 6.45) is 4.71. The van der Waals surface area contributed by atoms with Crippen LogP contribution in [-0.4, -0.2) is 21.6 Å². The van der Waals surface area contributed by atoms with Crippen LogP contribution in [0.4, 0.5) is 4.39 Å². The maximum Gasteiger partial charge on any atom is 0.141 e. The maximum atomic E-state index is 12.9. The Hall–Kier alpha value is -1.85. The third kappa shape index (κ3) is 3.82. The number of hydrogen-bond acceptors (Lipinski definition) is 4. The zero-order valence-electron chi connectivity index (χ0n) is 11.3. The van der Waals surface area contributed by atoms with Crippen molar-refractivity contribution in [2.75, 3.05) is 6.54 Å². The van der Waals surface area contributed by atoms with Crippen LogP contribution in [-0.2, 0) is 0 Å². The highest BCUT2D eigenvalue weighted by molar-refractivity contribution is 5.14. The molecule has 2 N–H and O–H groups in total. The minimum Gasteiger partial charge on any atom is -0.387 e. The van der Waals surface area contributed by atoms with Crippen molar-refractivity contribution in [3.63, 3.8) is 0 Å². The number of halogens is 1. The second-order valence-electron chi connectivity index (χ2n) is 4.57. The first-order chi connectivity index (χ1) is 9.70. The second kappa shape index (κ2) is 7.07. The molecule has 0 saturated heterocycles. The van der Waals surface area contributed by atoms with Gasteiger partial charge in [-0.15, -0.1) is 0 Å². The van der Waals surface area contributed by atoms with Gasteiger partial charge in [0.25, 0.3) is 0 Å². The molecule has 0 amide bonds. The third-order valence-electron chi connectivity index (χ3n) is 3.16. The highest BCUT2D eigenvalue weighted by Crippen LogP contribution is 2.16. The lowest BCUT2D eigenvalue weighted by Crippen LogP contribution is -2.26. The summed E-state index contributed by atoms with van der Waals surface area (Å²) in [5, 5.41) is 13.3. The van der Waals surface area contributed by atoms with Crippen LogP contribution in [0.3, 0.4) is 0 Å². The molecule has 0 spiro atoms. The van der Waals surface area contributed by atoms with Crippen LogP contribution >= 0.6 is 0 Å². The van der Waals surface area contributed by atoms with E-state index in [0.29, 0.717) is 6.54 Å². The van der Waals surface area contributed by atoms with Gasteiger partial charge in [-0.3, -0.25) is 9.97 Å². The Morgan fingerprint density at radius 2 is 2.00 bits per heavy atom. The fourth-order valence-electron chi connectivity index (χ4n) is 2.01. The molecule has 4 nitrogen and oxygen atoms in total. The number of aliphatic hydroxyl groups is 1. The van der Waals surface area contributed by atoms with E-state index in [0.717, 1.165) is 17.7 Å². The summed E-state index contributed by atoms with van der Waals surface area (Å²) in [6, 6.07) is 6.61. The topological polar surface area (TPSA) is 58.0 Å². The predicted octanol–water partition coefficient (Wildman–Crippen LogP) is 2.39. The molecule has 2 atom stereocenters. The molecule has 2 unspecified atom stereocenters. The smallest absolute Gasteiger partial charge is 0.141 e. The SMILES string of the molecule is CCC(NCC(O)c1ccncc1)c1ccc(F)cn1. The van der Waals surface area contributed by atoms with Gasteiger partial charge >= 0.3 is 0 Å². The van der Waals surface area contributed by atoms with Crippen molar-refractivity contribution in [2.45, 2.75) is 25.5 Å². The van der Waals surface area contributed by atoms with Gasteiger partial charge < -0.3 is 10.4 Å². The van der Waals surface area contributed by atoms with E-state index >= 15 is 0 Å². The minimum atomic E-state index is -0.604. The second-order valence-corrected chi connectivity index (χ2v) is 4.57. The first-order valence-electron chi connectivity index (χ1n) is 6.63. The van der Waals surface area contributed by atoms with Gasteiger partial charge in [-0.2, -0.15) is 0 Å². The van der Waals surface area contributed by atoms with Gasteiger partial charge in [-0.25, -0.2) is 4.39 Å². The fourth-order valence-corrected chi connectivity index (χ4v) is 2.01. The highest BCUT2D eigenvalue weighted by atomic mass is 19.1. The molecular formula is C15H18FN3O. The number of nitrogens with zero attached hydrogens (tertiary/aromatic N) is 2. The zero-order valence-corrected chi connectivity index (χ0v) is 11.3. The summed E-state index contributed by atoms with van der Waals surface area (Å²) in [5.41, 5.74) is 1.59. The number of aliphatic hydroxyl groups excluding tert-OH is 1. The van der Waals surface area contributed by atoms with Crippen molar-refractivity contribution in [3.8, 4) is 0 Å². The van der Waals surface area contributed by atoms with Crippen molar-refractivity contribution in [2.24, 2.45) is 0 Å². The molecule has 2 rings (SSSR count). The van der Waals surface area contributed by atoms with Gasteiger partial charge in [0.05, 0.1) is 18.0 Å². The molecule has 0 saturated carbocycles. The first kappa shape index (κ1) is 14.6. The Balaban J connectivity index is 1.95. The molecule has 2 heterocycles. The van der Waals surface area contributed by atoms with Crippen LogP contribution in [0.5, 0.6) is 0 Å². The quantitative estimate of drug-likeness (QED) is 0.850. The molecular weight excluding hydrogens is 257 g/mol. The van der Waals surface area contributed by atoms with Crippen LogP contribution in [0.1, 0.15) is 36.7 Å². The Morgan fingerprint density at radius 3 is 2.60 bits per heavy atom. The van der Waals surface area contributed by atoms with Gasteiger partial charge in [0.15, 0.2) is 0 Å². The molecule has 0 aliphatic heterocycles. The van der Waals surface area contributed by atoms with Crippen molar-refractivity contribution >= 4 is 0 Å². The Labute approximate surface area is 117 Å². The van der Waals surface area contributed by atoms with Gasteiger partial charge in [-0.05, 0) is 36.2 Å². The zero-order chi connectivity index (χ0) is 14.4. The normalized spacial score (nSPS) is 13.9. The summed E-state index contributed by atoms with van der Waals surface area (Å²) < 4.78 is 12.9. The summed E-state index contributed by atoms with van der Waals surface area (Å²) in [6.45, 7) is 2.42. The van der Waals surface area contributed by atoms with Crippen LogP contribution in [0.25, 0.3) is 0 Å². The minimum absolute atomic E-state index is 0.00733. The average Bonchev–Trinajstić information content (AvgIpc) is 2.50. The monoisotopic (exact) mass is 275 g/mol. The summed E-state index contributed by atoms with van der Waals surface area (Å²) >= 11 is 0. The lowest BCUT2D eigenvalue weighted by atomic mass is 10.1. The fraction of sp³-hybridized carbons (Fsp3) is 0.333. The average molecular weight is 275 g/mol. The van der Waals surface area contributed by atoms with E-state index in [9.17, 15) is 9.50 Å². The standard InChI is InChI=1S/C15H18FN3O/c1-2-13(14-4-3-12(16)9-18-14)19-10-15(20)11-5-7-17-8-6-11/h3-9,13,15,19-20H,2,10H2,1H3. The molecule has 106 valence electrons. The molecule has 0 aliphatic carbocycles. The van der Waals surface area contributed by atoms with E-state index in [-0.39, 0.29) is 11.9 Å². The molecule has 20 heavy (non-hydrogen) atoms. The molecule has 2 aromatic rings. The predicted molar refractivity (Wildman–Crippen MR) is 74.4 cm³/mol. The molecule has 0 aromatic carbocycles. The molecule has 0 bridgehead atoms. The number of hydrogen-bond donors (Lipinski definition) is 2. The third-order valence-corrected chi connectivity index (χ3v) is 3.16. The molecule has 5 heteroatoms. The van der Waals surface area contributed by atoms with Crippen LogP contribution in [0.2, 0.25) is 0 Å². The molecule has 0 radical (unpaired) electrons. The van der Waals surface area contributed by atoms with E-state index in [2.05, 4.69) is 15.3 Å². The van der Waals surface area contributed by atoms with Crippen LogP contribution in [0.15, 0.2) is 42.9 Å². The summed E-state index contributed by atoms with van der Waals surface area (Å²) in [7, 11) is 0. The van der Waals surface area contributed by atoms with Gasteiger partial charge in [-0.1, -0.05) is 6.92 Å². The van der Waals surface area contributed by atoms with Gasteiger partial charge in [0.2, 0.25) is 0 Å². The lowest BCUT2D eigenvalue weighted by Gasteiger charge is -2.19. The van der Waals surface area contributed by atoms with Crippen molar-refractivity contribution in [1.29, 1.82) is 0 Å². The maximum absolute atomic E-state index is 12.9. The van der Waals surface area contributed by atoms with E-state index in [1.165, 1.54) is 12.3 Å². The number of pyridine rings is 2. The van der Waals surface area contributed by atoms with Crippen molar-refractivity contribution < 1.29 is 9.50 Å².